The van der Waals surface area contributed by atoms with Crippen molar-refractivity contribution in [2.45, 2.75) is 38.9 Å². The van der Waals surface area contributed by atoms with E-state index in [9.17, 15) is 0 Å². The molecule has 0 aliphatic carbocycles. The standard InChI is InChI=1S/C18H21BO2S/c1-17(2)18(3,4)21-19(20-17)13-15(16-11-8-12-22-16)14-9-6-5-7-10-14/h5-13H,1-4H3/b15-13+. The molecule has 2 aromatic rings. The van der Waals surface area contributed by atoms with Crippen LogP contribution in [0.15, 0.2) is 53.8 Å². The number of hydrogen-bond acceptors (Lipinski definition) is 3. The van der Waals surface area contributed by atoms with Crippen molar-refractivity contribution in [3.05, 3.63) is 64.3 Å². The Bertz CT molecular complexity index is 644. The molecule has 0 radical (unpaired) electrons. The predicted molar refractivity (Wildman–Crippen MR) is 93.9 cm³/mol. The molecule has 1 aliphatic rings. The van der Waals surface area contributed by atoms with Crippen molar-refractivity contribution in [3.8, 4) is 0 Å². The van der Waals surface area contributed by atoms with Gasteiger partial charge in [-0.2, -0.15) is 0 Å². The fourth-order valence-corrected chi connectivity index (χ4v) is 3.24. The van der Waals surface area contributed by atoms with Crippen LogP contribution in [0.4, 0.5) is 0 Å². The Morgan fingerprint density at radius 1 is 0.955 bits per heavy atom. The number of thiophene rings is 1. The molecular formula is C18H21BO2S. The third-order valence-electron chi connectivity index (χ3n) is 4.45. The third-order valence-corrected chi connectivity index (χ3v) is 5.35. The molecule has 4 heteroatoms. The van der Waals surface area contributed by atoms with Gasteiger partial charge in [-0.3, -0.25) is 0 Å². The molecule has 0 amide bonds. The maximum absolute atomic E-state index is 6.12. The highest BCUT2D eigenvalue weighted by Gasteiger charge is 2.50. The molecule has 0 unspecified atom stereocenters. The lowest BCUT2D eigenvalue weighted by molar-refractivity contribution is 0.00578. The maximum atomic E-state index is 6.12. The van der Waals surface area contributed by atoms with Crippen LogP contribution in [-0.2, 0) is 9.31 Å². The SMILES string of the molecule is CC1(C)OB(/C=C(\c2ccccc2)c2cccs2)OC1(C)C. The molecule has 1 aromatic carbocycles. The summed E-state index contributed by atoms with van der Waals surface area (Å²) in [5.41, 5.74) is 1.71. The molecule has 0 bridgehead atoms. The Morgan fingerprint density at radius 3 is 2.14 bits per heavy atom. The van der Waals surface area contributed by atoms with Gasteiger partial charge in [0.1, 0.15) is 0 Å². The largest absolute Gasteiger partial charge is 0.487 e. The molecule has 0 N–H and O–H groups in total. The zero-order valence-electron chi connectivity index (χ0n) is 13.5. The smallest absolute Gasteiger partial charge is 0.400 e. The summed E-state index contributed by atoms with van der Waals surface area (Å²) in [5.74, 6) is 2.09. The van der Waals surface area contributed by atoms with Crippen molar-refractivity contribution in [2.75, 3.05) is 0 Å². The summed E-state index contributed by atoms with van der Waals surface area (Å²) in [6, 6.07) is 14.6. The molecule has 1 fully saturated rings. The quantitative estimate of drug-likeness (QED) is 0.757. The highest BCUT2D eigenvalue weighted by molar-refractivity contribution is 7.11. The van der Waals surface area contributed by atoms with Gasteiger partial charge in [-0.1, -0.05) is 36.4 Å². The maximum Gasteiger partial charge on any atom is 0.487 e. The van der Waals surface area contributed by atoms with E-state index in [2.05, 4.69) is 75.4 Å². The average Bonchev–Trinajstić information content (AvgIpc) is 3.04. The summed E-state index contributed by atoms with van der Waals surface area (Å²) in [5, 5.41) is 2.09. The lowest BCUT2D eigenvalue weighted by atomic mass is 9.84. The van der Waals surface area contributed by atoms with Crippen LogP contribution in [-0.4, -0.2) is 18.3 Å². The zero-order valence-corrected chi connectivity index (χ0v) is 14.3. The normalized spacial score (nSPS) is 20.4. The fourth-order valence-electron chi connectivity index (χ4n) is 2.46. The van der Waals surface area contributed by atoms with Crippen molar-refractivity contribution < 1.29 is 9.31 Å². The van der Waals surface area contributed by atoms with Gasteiger partial charge in [-0.15, -0.1) is 11.3 Å². The second-order valence-corrected chi connectivity index (χ2v) is 7.50. The highest BCUT2D eigenvalue weighted by atomic mass is 32.1. The van der Waals surface area contributed by atoms with Gasteiger partial charge < -0.3 is 9.31 Å². The summed E-state index contributed by atoms with van der Waals surface area (Å²) in [7, 11) is -0.331. The van der Waals surface area contributed by atoms with Crippen LogP contribution in [0.25, 0.3) is 5.57 Å². The fraction of sp³-hybridized carbons (Fsp3) is 0.333. The Kier molecular flexibility index (Phi) is 4.02. The lowest BCUT2D eigenvalue weighted by Gasteiger charge is -2.32. The van der Waals surface area contributed by atoms with Crippen LogP contribution in [0.2, 0.25) is 0 Å². The van der Waals surface area contributed by atoms with Crippen LogP contribution in [0, 0.1) is 0 Å². The number of hydrogen-bond donors (Lipinski definition) is 0. The number of benzene rings is 1. The molecule has 114 valence electrons. The molecule has 0 spiro atoms. The highest BCUT2D eigenvalue weighted by Crippen LogP contribution is 2.38. The Morgan fingerprint density at radius 2 is 1.59 bits per heavy atom. The second-order valence-electron chi connectivity index (χ2n) is 6.55. The molecule has 2 nitrogen and oxygen atoms in total. The first-order valence-corrected chi connectivity index (χ1v) is 8.44. The molecule has 1 aromatic heterocycles. The molecule has 1 saturated heterocycles. The predicted octanol–water partition coefficient (Wildman–Crippen LogP) is 4.81. The summed E-state index contributed by atoms with van der Waals surface area (Å²) in [6.07, 6.45) is 0. The number of rotatable bonds is 3. The molecule has 0 saturated carbocycles. The molecular weight excluding hydrogens is 291 g/mol. The lowest BCUT2D eigenvalue weighted by Crippen LogP contribution is -2.41. The Labute approximate surface area is 136 Å². The minimum Gasteiger partial charge on any atom is -0.400 e. The average molecular weight is 312 g/mol. The molecule has 0 atom stereocenters. The minimum atomic E-state index is -0.331. The van der Waals surface area contributed by atoms with Crippen molar-refractivity contribution in [1.82, 2.24) is 0 Å². The zero-order chi connectivity index (χ0) is 15.8. The van der Waals surface area contributed by atoms with Crippen LogP contribution in [0.3, 0.4) is 0 Å². The summed E-state index contributed by atoms with van der Waals surface area (Å²) in [4.78, 5) is 1.22. The molecule has 1 aliphatic heterocycles. The van der Waals surface area contributed by atoms with Crippen LogP contribution < -0.4 is 0 Å². The molecule has 2 heterocycles. The van der Waals surface area contributed by atoms with Gasteiger partial charge in [0.25, 0.3) is 0 Å². The van der Waals surface area contributed by atoms with Crippen molar-refractivity contribution in [2.24, 2.45) is 0 Å². The molecule has 3 rings (SSSR count). The first-order valence-electron chi connectivity index (χ1n) is 7.56. The van der Waals surface area contributed by atoms with Crippen molar-refractivity contribution in [3.63, 3.8) is 0 Å². The first-order chi connectivity index (χ1) is 10.4. The Hall–Kier alpha value is -1.36. The van der Waals surface area contributed by atoms with Gasteiger partial charge in [0.05, 0.1) is 11.2 Å². The van der Waals surface area contributed by atoms with E-state index in [4.69, 9.17) is 9.31 Å². The van der Waals surface area contributed by atoms with Gasteiger partial charge >= 0.3 is 7.12 Å². The summed E-state index contributed by atoms with van der Waals surface area (Å²) in [6.45, 7) is 8.31. The van der Waals surface area contributed by atoms with Gasteiger partial charge in [0.2, 0.25) is 0 Å². The van der Waals surface area contributed by atoms with Gasteiger partial charge in [-0.25, -0.2) is 0 Å². The van der Waals surface area contributed by atoms with E-state index in [1.165, 1.54) is 10.4 Å². The van der Waals surface area contributed by atoms with E-state index in [-0.39, 0.29) is 18.3 Å². The first kappa shape index (κ1) is 15.5. The van der Waals surface area contributed by atoms with E-state index >= 15 is 0 Å². The van der Waals surface area contributed by atoms with E-state index in [0.29, 0.717) is 0 Å². The minimum absolute atomic E-state index is 0.314. The topological polar surface area (TPSA) is 18.5 Å². The third kappa shape index (κ3) is 2.91. The van der Waals surface area contributed by atoms with Crippen LogP contribution in [0.5, 0.6) is 0 Å². The summed E-state index contributed by atoms with van der Waals surface area (Å²) < 4.78 is 12.2. The van der Waals surface area contributed by atoms with Crippen molar-refractivity contribution >= 4 is 24.0 Å². The van der Waals surface area contributed by atoms with Crippen molar-refractivity contribution in [1.29, 1.82) is 0 Å². The van der Waals surface area contributed by atoms with E-state index in [0.717, 1.165) is 5.57 Å². The van der Waals surface area contributed by atoms with Gasteiger partial charge in [-0.05, 0) is 56.3 Å². The van der Waals surface area contributed by atoms with E-state index in [1.807, 2.05) is 6.07 Å². The van der Waals surface area contributed by atoms with E-state index < -0.39 is 0 Å². The van der Waals surface area contributed by atoms with Crippen LogP contribution in [0.1, 0.15) is 38.1 Å². The van der Waals surface area contributed by atoms with Crippen LogP contribution >= 0.6 is 11.3 Å². The van der Waals surface area contributed by atoms with Gasteiger partial charge in [0, 0.05) is 4.88 Å². The monoisotopic (exact) mass is 312 g/mol. The second kappa shape index (κ2) is 5.69. The molecule has 22 heavy (non-hydrogen) atoms. The summed E-state index contributed by atoms with van der Waals surface area (Å²) >= 11 is 1.73. The van der Waals surface area contributed by atoms with E-state index in [1.54, 1.807) is 11.3 Å². The van der Waals surface area contributed by atoms with Gasteiger partial charge in [0.15, 0.2) is 0 Å². The Balaban J connectivity index is 1.98.